The van der Waals surface area contributed by atoms with Gasteiger partial charge in [0.1, 0.15) is 5.60 Å². The summed E-state index contributed by atoms with van der Waals surface area (Å²) in [5, 5.41) is 1.94. The Morgan fingerprint density at radius 3 is 2.17 bits per heavy atom. The highest BCUT2D eigenvalue weighted by atomic mass is 16.6. The van der Waals surface area contributed by atoms with E-state index in [1.165, 1.54) is 25.9 Å². The highest BCUT2D eigenvalue weighted by molar-refractivity contribution is 5.68. The molecule has 1 spiro atoms. The normalized spacial score (nSPS) is 27.0. The van der Waals surface area contributed by atoms with Crippen LogP contribution in [0.3, 0.4) is 0 Å². The Bertz CT molecular complexity index is 424. The summed E-state index contributed by atoms with van der Waals surface area (Å²) < 4.78 is 5.48. The van der Waals surface area contributed by atoms with Crippen molar-refractivity contribution in [2.75, 3.05) is 39.3 Å². The van der Waals surface area contributed by atoms with Crippen LogP contribution < -0.4 is 5.84 Å². The number of ether oxygens (including phenoxy) is 1. The minimum atomic E-state index is -0.405. The van der Waals surface area contributed by atoms with Crippen LogP contribution in [0.1, 0.15) is 46.5 Å². The molecule has 132 valence electrons. The van der Waals surface area contributed by atoms with Crippen LogP contribution in [0.15, 0.2) is 0 Å². The summed E-state index contributed by atoms with van der Waals surface area (Å²) in [5.41, 5.74) is 0.0374. The van der Waals surface area contributed by atoms with E-state index in [0.29, 0.717) is 11.5 Å². The molecule has 6 heteroatoms. The topological polar surface area (TPSA) is 62.0 Å². The summed E-state index contributed by atoms with van der Waals surface area (Å²) in [5.74, 6) is 5.85. The lowest BCUT2D eigenvalue weighted by molar-refractivity contribution is -0.0810. The summed E-state index contributed by atoms with van der Waals surface area (Å²) in [6.45, 7) is 11.9. The Morgan fingerprint density at radius 2 is 1.65 bits per heavy atom. The second-order valence-corrected chi connectivity index (χ2v) is 8.64. The first-order valence-corrected chi connectivity index (χ1v) is 8.98. The monoisotopic (exact) mass is 324 g/mol. The van der Waals surface area contributed by atoms with Crippen LogP contribution in [0.4, 0.5) is 4.79 Å². The number of hydrazine groups is 1. The van der Waals surface area contributed by atoms with E-state index in [9.17, 15) is 4.79 Å². The van der Waals surface area contributed by atoms with Crippen LogP contribution in [-0.4, -0.2) is 71.8 Å². The van der Waals surface area contributed by atoms with Gasteiger partial charge in [0, 0.05) is 45.3 Å². The van der Waals surface area contributed by atoms with Gasteiger partial charge in [0.25, 0.3) is 0 Å². The van der Waals surface area contributed by atoms with E-state index in [-0.39, 0.29) is 6.09 Å². The molecule has 0 saturated carbocycles. The Kier molecular flexibility index (Phi) is 4.60. The van der Waals surface area contributed by atoms with Crippen molar-refractivity contribution in [3.8, 4) is 0 Å². The molecule has 3 fully saturated rings. The highest BCUT2D eigenvalue weighted by Gasteiger charge is 2.47. The number of hydrogen-bond donors (Lipinski definition) is 1. The number of piperidine rings is 2. The second-order valence-electron chi connectivity index (χ2n) is 8.64. The van der Waals surface area contributed by atoms with Crippen molar-refractivity contribution in [3.05, 3.63) is 0 Å². The average molecular weight is 324 g/mol. The maximum absolute atomic E-state index is 12.2. The SMILES string of the molecule is CC(C)(C)OC(=O)N1CCC2(CC1)CN(C1CCN(N)CC1)C2. The number of nitrogens with two attached hydrogens (primary N) is 1. The van der Waals surface area contributed by atoms with Crippen LogP contribution in [0.25, 0.3) is 0 Å². The van der Waals surface area contributed by atoms with E-state index >= 15 is 0 Å². The summed E-state index contributed by atoms with van der Waals surface area (Å²) in [7, 11) is 0. The smallest absolute Gasteiger partial charge is 0.410 e. The fourth-order valence-electron chi connectivity index (χ4n) is 4.13. The fraction of sp³-hybridized carbons (Fsp3) is 0.941. The van der Waals surface area contributed by atoms with Crippen LogP contribution in [0, 0.1) is 5.41 Å². The molecule has 3 rings (SSSR count). The summed E-state index contributed by atoms with van der Waals surface area (Å²) in [6, 6.07) is 0.712. The molecule has 0 aromatic heterocycles. The minimum absolute atomic E-state index is 0.154. The summed E-state index contributed by atoms with van der Waals surface area (Å²) in [4.78, 5) is 16.7. The molecule has 3 aliphatic heterocycles. The molecule has 6 nitrogen and oxygen atoms in total. The zero-order valence-corrected chi connectivity index (χ0v) is 14.9. The third-order valence-corrected chi connectivity index (χ3v) is 5.57. The largest absolute Gasteiger partial charge is 0.444 e. The van der Waals surface area contributed by atoms with E-state index in [0.717, 1.165) is 39.0 Å². The van der Waals surface area contributed by atoms with Gasteiger partial charge in [0.05, 0.1) is 0 Å². The number of nitrogens with zero attached hydrogens (tertiary/aromatic N) is 3. The van der Waals surface area contributed by atoms with E-state index in [2.05, 4.69) is 4.90 Å². The lowest BCUT2D eigenvalue weighted by Crippen LogP contribution is -2.64. The van der Waals surface area contributed by atoms with E-state index < -0.39 is 5.60 Å². The van der Waals surface area contributed by atoms with Crippen LogP contribution in [0.2, 0.25) is 0 Å². The molecule has 0 radical (unpaired) electrons. The van der Waals surface area contributed by atoms with E-state index in [4.69, 9.17) is 10.6 Å². The quantitative estimate of drug-likeness (QED) is 0.743. The molecule has 0 aromatic rings. The van der Waals surface area contributed by atoms with Gasteiger partial charge < -0.3 is 9.64 Å². The molecule has 0 unspecified atom stereocenters. The third-order valence-electron chi connectivity index (χ3n) is 5.57. The third kappa shape index (κ3) is 3.98. The molecule has 1 amide bonds. The number of hydrogen-bond acceptors (Lipinski definition) is 5. The lowest BCUT2D eigenvalue weighted by Gasteiger charge is -2.57. The van der Waals surface area contributed by atoms with Crippen molar-refractivity contribution in [1.29, 1.82) is 0 Å². The zero-order valence-electron chi connectivity index (χ0n) is 14.9. The van der Waals surface area contributed by atoms with Crippen molar-refractivity contribution in [3.63, 3.8) is 0 Å². The van der Waals surface area contributed by atoms with Gasteiger partial charge in [-0.1, -0.05) is 0 Å². The molecule has 23 heavy (non-hydrogen) atoms. The van der Waals surface area contributed by atoms with Gasteiger partial charge in [-0.15, -0.1) is 0 Å². The first-order valence-electron chi connectivity index (χ1n) is 8.98. The highest BCUT2D eigenvalue weighted by Crippen LogP contribution is 2.42. The van der Waals surface area contributed by atoms with Gasteiger partial charge in [-0.05, 0) is 51.9 Å². The van der Waals surface area contributed by atoms with Gasteiger partial charge >= 0.3 is 6.09 Å². The second kappa shape index (κ2) is 6.22. The number of likely N-dealkylation sites (tertiary alicyclic amines) is 2. The van der Waals surface area contributed by atoms with E-state index in [1.807, 2.05) is 30.7 Å². The van der Waals surface area contributed by atoms with Gasteiger partial charge in [0.2, 0.25) is 0 Å². The Morgan fingerprint density at radius 1 is 1.09 bits per heavy atom. The van der Waals surface area contributed by atoms with Crippen LogP contribution >= 0.6 is 0 Å². The maximum Gasteiger partial charge on any atom is 0.410 e. The molecule has 3 heterocycles. The number of rotatable bonds is 1. The summed E-state index contributed by atoms with van der Waals surface area (Å²) in [6.07, 6.45) is 4.45. The first kappa shape index (κ1) is 17.0. The van der Waals surface area contributed by atoms with Crippen molar-refractivity contribution in [2.45, 2.75) is 58.1 Å². The number of carbonyl (C=O) groups is 1. The Hall–Kier alpha value is -0.850. The zero-order chi connectivity index (χ0) is 16.7. The lowest BCUT2D eigenvalue weighted by atomic mass is 9.71. The Balaban J connectivity index is 1.43. The van der Waals surface area contributed by atoms with Crippen molar-refractivity contribution >= 4 is 6.09 Å². The van der Waals surface area contributed by atoms with Crippen molar-refractivity contribution in [1.82, 2.24) is 14.8 Å². The van der Waals surface area contributed by atoms with Crippen molar-refractivity contribution < 1.29 is 9.53 Å². The molecule has 2 N–H and O–H groups in total. The molecule has 0 bridgehead atoms. The van der Waals surface area contributed by atoms with Crippen LogP contribution in [-0.2, 0) is 4.74 Å². The molecular formula is C17H32N4O2. The number of amides is 1. The minimum Gasteiger partial charge on any atom is -0.444 e. The van der Waals surface area contributed by atoms with E-state index in [1.54, 1.807) is 0 Å². The molecular weight excluding hydrogens is 292 g/mol. The van der Waals surface area contributed by atoms with Gasteiger partial charge in [-0.2, -0.15) is 0 Å². The van der Waals surface area contributed by atoms with Gasteiger partial charge in [-0.3, -0.25) is 10.7 Å². The predicted octanol–water partition coefficient (Wildman–Crippen LogP) is 1.66. The molecule has 0 aromatic carbocycles. The van der Waals surface area contributed by atoms with Gasteiger partial charge in [0.15, 0.2) is 0 Å². The fourth-order valence-corrected chi connectivity index (χ4v) is 4.13. The Labute approximate surface area is 139 Å². The first-order chi connectivity index (χ1) is 10.8. The molecule has 0 atom stereocenters. The van der Waals surface area contributed by atoms with Gasteiger partial charge in [-0.25, -0.2) is 9.80 Å². The average Bonchev–Trinajstić information content (AvgIpc) is 2.44. The summed E-state index contributed by atoms with van der Waals surface area (Å²) >= 11 is 0. The number of carbonyl (C=O) groups excluding carboxylic acids is 1. The molecule has 3 saturated heterocycles. The predicted molar refractivity (Wildman–Crippen MR) is 89.8 cm³/mol. The maximum atomic E-state index is 12.2. The molecule has 0 aliphatic carbocycles. The van der Waals surface area contributed by atoms with Crippen molar-refractivity contribution in [2.24, 2.45) is 11.3 Å². The standard InChI is InChI=1S/C17H32N4O2/c1-16(2,3)23-15(22)19-10-6-17(7-11-19)12-20(13-17)14-4-8-21(18)9-5-14/h14H,4-13,18H2,1-3H3. The molecule has 3 aliphatic rings. The van der Waals surface area contributed by atoms with Crippen LogP contribution in [0.5, 0.6) is 0 Å².